The van der Waals surface area contributed by atoms with Crippen molar-refractivity contribution >= 4 is 5.71 Å². The third kappa shape index (κ3) is 3.97. The molecule has 1 rings (SSSR count). The fraction of sp³-hybridized carbons (Fsp3) is 0.588. The van der Waals surface area contributed by atoms with Gasteiger partial charge in [-0.05, 0) is 59.5 Å². The zero-order chi connectivity index (χ0) is 13.9. The van der Waals surface area contributed by atoms with Gasteiger partial charge >= 0.3 is 0 Å². The molecule has 0 fully saturated rings. The van der Waals surface area contributed by atoms with Crippen LogP contribution in [0.3, 0.4) is 0 Å². The summed E-state index contributed by atoms with van der Waals surface area (Å²) in [6, 6.07) is 0.363. The normalized spacial score (nSPS) is 21.7. The van der Waals surface area contributed by atoms with Crippen LogP contribution < -0.4 is 0 Å². The molecule has 0 aliphatic heterocycles. The Morgan fingerprint density at radius 3 is 2.22 bits per heavy atom. The van der Waals surface area contributed by atoms with E-state index in [-0.39, 0.29) is 0 Å². The molecule has 18 heavy (non-hydrogen) atoms. The molecule has 1 heteroatoms. The summed E-state index contributed by atoms with van der Waals surface area (Å²) in [6.07, 6.45) is 5.70. The van der Waals surface area contributed by atoms with E-state index in [4.69, 9.17) is 0 Å². The van der Waals surface area contributed by atoms with Crippen LogP contribution in [0.15, 0.2) is 39.4 Å². The van der Waals surface area contributed by atoms with Gasteiger partial charge in [-0.2, -0.15) is 0 Å². The maximum atomic E-state index is 4.68. The van der Waals surface area contributed by atoms with Gasteiger partial charge in [-0.3, -0.25) is 4.99 Å². The first-order chi connectivity index (χ1) is 8.31. The minimum Gasteiger partial charge on any atom is -0.291 e. The molecular weight excluding hydrogens is 218 g/mol. The topological polar surface area (TPSA) is 12.4 Å². The second-order valence-electron chi connectivity index (χ2n) is 5.87. The second kappa shape index (κ2) is 6.17. The van der Waals surface area contributed by atoms with Gasteiger partial charge in [0, 0.05) is 5.71 Å². The molecule has 2 atom stereocenters. The average Bonchev–Trinajstić information content (AvgIpc) is 2.24. The minimum atomic E-state index is 0.363. The summed E-state index contributed by atoms with van der Waals surface area (Å²) in [7, 11) is 0. The van der Waals surface area contributed by atoms with Gasteiger partial charge in [-0.15, -0.1) is 0 Å². The van der Waals surface area contributed by atoms with Crippen molar-refractivity contribution in [2.45, 2.75) is 60.9 Å². The molecule has 1 aliphatic rings. The van der Waals surface area contributed by atoms with Gasteiger partial charge in [0.05, 0.1) is 6.04 Å². The Kier molecular flexibility index (Phi) is 5.13. The Morgan fingerprint density at radius 2 is 1.72 bits per heavy atom. The van der Waals surface area contributed by atoms with E-state index < -0.39 is 0 Å². The Labute approximate surface area is 112 Å². The Balaban J connectivity index is 2.96. The minimum absolute atomic E-state index is 0.363. The van der Waals surface area contributed by atoms with Crippen LogP contribution in [0.4, 0.5) is 0 Å². The number of rotatable bonds is 3. The molecular formula is C17H27N. The van der Waals surface area contributed by atoms with E-state index in [0.29, 0.717) is 12.0 Å². The van der Waals surface area contributed by atoms with Crippen molar-refractivity contribution in [2.75, 3.05) is 0 Å². The zero-order valence-electron chi connectivity index (χ0n) is 13.0. The first kappa shape index (κ1) is 14.9. The number of hydrogen-bond acceptors (Lipinski definition) is 1. The van der Waals surface area contributed by atoms with Crippen LogP contribution in [-0.4, -0.2) is 11.8 Å². The molecule has 0 heterocycles. The molecule has 0 N–H and O–H groups in total. The highest BCUT2D eigenvalue weighted by molar-refractivity contribution is 5.79. The summed E-state index contributed by atoms with van der Waals surface area (Å²) in [4.78, 5) is 4.68. The van der Waals surface area contributed by atoms with Crippen LogP contribution >= 0.6 is 0 Å². The Morgan fingerprint density at radius 1 is 1.11 bits per heavy atom. The van der Waals surface area contributed by atoms with Crippen molar-refractivity contribution in [1.82, 2.24) is 0 Å². The summed E-state index contributed by atoms with van der Waals surface area (Å²) in [6.45, 7) is 15.3. The fourth-order valence-electron chi connectivity index (χ4n) is 2.53. The predicted octanol–water partition coefficient (Wildman–Crippen LogP) is 5.10. The molecule has 0 aromatic rings. The summed E-state index contributed by atoms with van der Waals surface area (Å²) in [5, 5.41) is 0. The van der Waals surface area contributed by atoms with E-state index >= 15 is 0 Å². The predicted molar refractivity (Wildman–Crippen MR) is 82.2 cm³/mol. The van der Waals surface area contributed by atoms with Crippen LogP contribution in [-0.2, 0) is 0 Å². The van der Waals surface area contributed by atoms with Gasteiger partial charge in [0.15, 0.2) is 0 Å². The molecule has 0 saturated carbocycles. The lowest BCUT2D eigenvalue weighted by atomic mass is 9.86. The van der Waals surface area contributed by atoms with Crippen LogP contribution in [0.5, 0.6) is 0 Å². The third-order valence-electron chi connectivity index (χ3n) is 3.72. The number of aliphatic imine (C=N–C) groups is 1. The molecule has 0 spiro atoms. The first-order valence-corrected chi connectivity index (χ1v) is 6.87. The second-order valence-corrected chi connectivity index (χ2v) is 5.87. The maximum absolute atomic E-state index is 4.68. The third-order valence-corrected chi connectivity index (χ3v) is 3.72. The number of allylic oxidation sites excluding steroid dienone is 5. The van der Waals surface area contributed by atoms with E-state index in [1.54, 1.807) is 0 Å². The van der Waals surface area contributed by atoms with Crippen molar-refractivity contribution in [2.24, 2.45) is 10.9 Å². The smallest absolute Gasteiger partial charge is 0.0533 e. The van der Waals surface area contributed by atoms with Gasteiger partial charge < -0.3 is 0 Å². The summed E-state index contributed by atoms with van der Waals surface area (Å²) >= 11 is 0. The van der Waals surface area contributed by atoms with Gasteiger partial charge in [-0.1, -0.05) is 35.8 Å². The van der Waals surface area contributed by atoms with Crippen molar-refractivity contribution in [3.05, 3.63) is 34.4 Å². The molecule has 0 aromatic heterocycles. The van der Waals surface area contributed by atoms with Crippen LogP contribution in [0, 0.1) is 5.92 Å². The van der Waals surface area contributed by atoms with Crippen molar-refractivity contribution in [3.8, 4) is 0 Å². The lowest BCUT2D eigenvalue weighted by Gasteiger charge is -2.22. The van der Waals surface area contributed by atoms with E-state index in [9.17, 15) is 0 Å². The molecule has 0 aromatic carbocycles. The molecule has 0 bridgehead atoms. The Hall–Kier alpha value is -1.11. The number of nitrogens with zero attached hydrogens (tertiary/aromatic N) is 1. The first-order valence-electron chi connectivity index (χ1n) is 6.87. The SMILES string of the molecule is CC1=C/C(=C(/C)C(C)C(C)N=C(C)C)CC(C)=C1. The van der Waals surface area contributed by atoms with Crippen LogP contribution in [0.1, 0.15) is 54.9 Å². The Bertz CT molecular complexity index is 429. The summed E-state index contributed by atoms with van der Waals surface area (Å²) in [5.41, 5.74) is 6.95. The average molecular weight is 245 g/mol. The van der Waals surface area contributed by atoms with Crippen molar-refractivity contribution in [1.29, 1.82) is 0 Å². The van der Waals surface area contributed by atoms with Crippen molar-refractivity contribution < 1.29 is 0 Å². The van der Waals surface area contributed by atoms with E-state index in [0.717, 1.165) is 6.42 Å². The summed E-state index contributed by atoms with van der Waals surface area (Å²) in [5.74, 6) is 0.504. The van der Waals surface area contributed by atoms with E-state index in [2.05, 4.69) is 65.6 Å². The standard InChI is InChI=1S/C17H27N/c1-11(2)18-16(7)14(5)15(6)17-9-12(3)8-13(4)10-17/h8-9,14,16H,10H2,1-7H3/b17-15+. The molecule has 0 saturated heterocycles. The molecule has 0 amide bonds. The van der Waals surface area contributed by atoms with E-state index in [1.807, 2.05) is 0 Å². The molecule has 1 nitrogen and oxygen atoms in total. The van der Waals surface area contributed by atoms with Gasteiger partial charge in [0.2, 0.25) is 0 Å². The lowest BCUT2D eigenvalue weighted by Crippen LogP contribution is -2.16. The monoisotopic (exact) mass is 245 g/mol. The largest absolute Gasteiger partial charge is 0.291 e. The fourth-order valence-corrected chi connectivity index (χ4v) is 2.53. The number of hydrogen-bond donors (Lipinski definition) is 0. The van der Waals surface area contributed by atoms with Gasteiger partial charge in [-0.25, -0.2) is 0 Å². The molecule has 100 valence electrons. The van der Waals surface area contributed by atoms with Crippen LogP contribution in [0.2, 0.25) is 0 Å². The van der Waals surface area contributed by atoms with E-state index in [1.165, 1.54) is 28.0 Å². The summed E-state index contributed by atoms with van der Waals surface area (Å²) < 4.78 is 0. The van der Waals surface area contributed by atoms with Gasteiger partial charge in [0.25, 0.3) is 0 Å². The molecule has 2 unspecified atom stereocenters. The highest BCUT2D eigenvalue weighted by Gasteiger charge is 2.17. The maximum Gasteiger partial charge on any atom is 0.0533 e. The molecule has 0 radical (unpaired) electrons. The lowest BCUT2D eigenvalue weighted by molar-refractivity contribution is 0.551. The van der Waals surface area contributed by atoms with Crippen LogP contribution in [0.25, 0.3) is 0 Å². The van der Waals surface area contributed by atoms with Crippen molar-refractivity contribution in [3.63, 3.8) is 0 Å². The highest BCUT2D eigenvalue weighted by atomic mass is 14.8. The quantitative estimate of drug-likeness (QED) is 0.613. The highest BCUT2D eigenvalue weighted by Crippen LogP contribution is 2.29. The zero-order valence-corrected chi connectivity index (χ0v) is 13.0. The molecule has 1 aliphatic carbocycles. The van der Waals surface area contributed by atoms with Gasteiger partial charge in [0.1, 0.15) is 0 Å².